The highest BCUT2D eigenvalue weighted by atomic mass is 16.5. The predicted molar refractivity (Wildman–Crippen MR) is 99.3 cm³/mol. The topological polar surface area (TPSA) is 73.2 Å². The fraction of sp³-hybridized carbons (Fsp3) is 0.429. The van der Waals surface area contributed by atoms with E-state index in [1.807, 2.05) is 29.2 Å². The molecule has 1 fully saturated rings. The van der Waals surface area contributed by atoms with Crippen molar-refractivity contribution in [3.63, 3.8) is 0 Å². The number of ether oxygens (including phenoxy) is 1. The van der Waals surface area contributed by atoms with Crippen LogP contribution in [-0.2, 0) is 23.3 Å². The first-order chi connectivity index (χ1) is 12.6. The second kappa shape index (κ2) is 6.49. The van der Waals surface area contributed by atoms with E-state index < -0.39 is 11.8 Å². The SMILES string of the molecule is CCCCc1ccc(O)c(CN2c3ccccc3C3(O)CCOC23)c1O. The molecular weight excluding hydrogens is 330 g/mol. The zero-order valence-corrected chi connectivity index (χ0v) is 15.0. The number of phenols is 2. The maximum Gasteiger partial charge on any atom is 0.163 e. The number of benzene rings is 2. The highest BCUT2D eigenvalue weighted by molar-refractivity contribution is 5.64. The molecule has 0 radical (unpaired) electrons. The molecule has 5 nitrogen and oxygen atoms in total. The lowest BCUT2D eigenvalue weighted by Crippen LogP contribution is -2.41. The fourth-order valence-corrected chi connectivity index (χ4v) is 4.16. The molecule has 2 aliphatic rings. The Kier molecular flexibility index (Phi) is 4.29. The van der Waals surface area contributed by atoms with Crippen molar-refractivity contribution in [1.29, 1.82) is 0 Å². The van der Waals surface area contributed by atoms with E-state index in [9.17, 15) is 15.3 Å². The number of aromatic hydroxyl groups is 2. The quantitative estimate of drug-likeness (QED) is 0.767. The summed E-state index contributed by atoms with van der Waals surface area (Å²) < 4.78 is 5.83. The highest BCUT2D eigenvalue weighted by Crippen LogP contribution is 2.50. The monoisotopic (exact) mass is 355 g/mol. The van der Waals surface area contributed by atoms with Gasteiger partial charge in [-0.05, 0) is 30.5 Å². The highest BCUT2D eigenvalue weighted by Gasteiger charge is 2.54. The number of aliphatic hydroxyl groups is 1. The second-order valence-corrected chi connectivity index (χ2v) is 7.22. The summed E-state index contributed by atoms with van der Waals surface area (Å²) in [6.07, 6.45) is 2.84. The van der Waals surface area contributed by atoms with Crippen molar-refractivity contribution in [2.24, 2.45) is 0 Å². The van der Waals surface area contributed by atoms with Crippen LogP contribution in [0.4, 0.5) is 5.69 Å². The van der Waals surface area contributed by atoms with Crippen molar-refractivity contribution >= 4 is 5.69 Å². The summed E-state index contributed by atoms with van der Waals surface area (Å²) in [5.41, 5.74) is 2.02. The number of unbranched alkanes of at least 4 members (excludes halogenated alkanes) is 1. The maximum absolute atomic E-state index is 11.1. The number of rotatable bonds is 5. The Morgan fingerprint density at radius 3 is 2.81 bits per heavy atom. The van der Waals surface area contributed by atoms with Crippen LogP contribution < -0.4 is 4.90 Å². The molecule has 2 aromatic carbocycles. The van der Waals surface area contributed by atoms with E-state index >= 15 is 0 Å². The van der Waals surface area contributed by atoms with Crippen LogP contribution in [0.2, 0.25) is 0 Å². The van der Waals surface area contributed by atoms with Crippen LogP contribution in [0.3, 0.4) is 0 Å². The molecule has 1 saturated heterocycles. The second-order valence-electron chi connectivity index (χ2n) is 7.22. The van der Waals surface area contributed by atoms with Gasteiger partial charge in [-0.15, -0.1) is 0 Å². The molecular formula is C21H25NO4. The first-order valence-corrected chi connectivity index (χ1v) is 9.29. The maximum atomic E-state index is 11.1. The number of fused-ring (bicyclic) bond motifs is 3. The summed E-state index contributed by atoms with van der Waals surface area (Å²) in [6.45, 7) is 2.87. The summed E-state index contributed by atoms with van der Waals surface area (Å²) >= 11 is 0. The zero-order chi connectivity index (χ0) is 18.3. The molecule has 2 aromatic rings. The van der Waals surface area contributed by atoms with E-state index in [0.717, 1.165) is 36.1 Å². The van der Waals surface area contributed by atoms with Gasteiger partial charge in [-0.3, -0.25) is 0 Å². The Labute approximate surface area is 153 Å². The third-order valence-electron chi connectivity index (χ3n) is 5.60. The molecule has 2 aliphatic heterocycles. The molecule has 3 N–H and O–H groups in total. The largest absolute Gasteiger partial charge is 0.507 e. The van der Waals surface area contributed by atoms with Crippen LogP contribution in [0.1, 0.15) is 42.9 Å². The fourth-order valence-electron chi connectivity index (χ4n) is 4.16. The molecule has 0 aliphatic carbocycles. The van der Waals surface area contributed by atoms with Gasteiger partial charge in [0, 0.05) is 17.7 Å². The van der Waals surface area contributed by atoms with E-state index in [4.69, 9.17) is 4.74 Å². The lowest BCUT2D eigenvalue weighted by molar-refractivity contribution is -0.0314. The van der Waals surface area contributed by atoms with Gasteiger partial charge in [0.05, 0.1) is 18.7 Å². The lowest BCUT2D eigenvalue weighted by atomic mass is 9.93. The van der Waals surface area contributed by atoms with Crippen molar-refractivity contribution in [3.8, 4) is 11.5 Å². The van der Waals surface area contributed by atoms with Crippen LogP contribution in [0.5, 0.6) is 11.5 Å². The van der Waals surface area contributed by atoms with Gasteiger partial charge in [-0.25, -0.2) is 0 Å². The average Bonchev–Trinajstić information content (AvgIpc) is 3.13. The van der Waals surface area contributed by atoms with E-state index in [2.05, 4.69) is 6.92 Å². The number of hydrogen-bond acceptors (Lipinski definition) is 5. The smallest absolute Gasteiger partial charge is 0.163 e. The van der Waals surface area contributed by atoms with Gasteiger partial charge in [-0.1, -0.05) is 37.6 Å². The molecule has 0 spiro atoms. The third-order valence-corrected chi connectivity index (χ3v) is 5.60. The number of nitrogens with zero attached hydrogens (tertiary/aromatic N) is 1. The van der Waals surface area contributed by atoms with Gasteiger partial charge >= 0.3 is 0 Å². The minimum Gasteiger partial charge on any atom is -0.507 e. The van der Waals surface area contributed by atoms with E-state index in [0.29, 0.717) is 18.6 Å². The van der Waals surface area contributed by atoms with Crippen molar-refractivity contribution < 1.29 is 20.1 Å². The van der Waals surface area contributed by atoms with Crippen LogP contribution in [0.25, 0.3) is 0 Å². The normalized spacial score (nSPS) is 23.9. The van der Waals surface area contributed by atoms with Crippen LogP contribution in [-0.4, -0.2) is 28.2 Å². The van der Waals surface area contributed by atoms with Gasteiger partial charge in [0.15, 0.2) is 6.23 Å². The summed E-state index contributed by atoms with van der Waals surface area (Å²) in [5, 5.41) is 32.2. The van der Waals surface area contributed by atoms with E-state index in [-0.39, 0.29) is 18.0 Å². The molecule has 0 bridgehead atoms. The average molecular weight is 355 g/mol. The van der Waals surface area contributed by atoms with Crippen LogP contribution >= 0.6 is 0 Å². The summed E-state index contributed by atoms with van der Waals surface area (Å²) in [6, 6.07) is 11.1. The molecule has 4 rings (SSSR count). The first kappa shape index (κ1) is 17.2. The number of phenolic OH excluding ortho intramolecular Hbond substituents is 2. The van der Waals surface area contributed by atoms with Gasteiger partial charge in [-0.2, -0.15) is 0 Å². The molecule has 2 atom stereocenters. The number of para-hydroxylation sites is 1. The molecule has 138 valence electrons. The van der Waals surface area contributed by atoms with Crippen molar-refractivity contribution in [1.82, 2.24) is 0 Å². The summed E-state index contributed by atoms with van der Waals surface area (Å²) in [7, 11) is 0. The number of hydrogen-bond donors (Lipinski definition) is 3. The van der Waals surface area contributed by atoms with Crippen molar-refractivity contribution in [3.05, 3.63) is 53.1 Å². The molecule has 5 heteroatoms. The molecule has 26 heavy (non-hydrogen) atoms. The Bertz CT molecular complexity index is 822. The summed E-state index contributed by atoms with van der Waals surface area (Å²) in [5.74, 6) is 0.207. The summed E-state index contributed by atoms with van der Waals surface area (Å²) in [4.78, 5) is 1.95. The molecule has 2 unspecified atom stereocenters. The van der Waals surface area contributed by atoms with E-state index in [1.54, 1.807) is 12.1 Å². The standard InChI is InChI=1S/C21H25NO4/c1-2-3-6-14-9-10-18(23)15(19(14)24)13-22-17-8-5-4-7-16(17)21(25)11-12-26-20(21)22/h4-5,7-10,20,23-25H,2-3,6,11-13H2,1H3. The van der Waals surface area contributed by atoms with Crippen molar-refractivity contribution in [2.75, 3.05) is 11.5 Å². The first-order valence-electron chi connectivity index (χ1n) is 9.29. The third kappa shape index (κ3) is 2.54. The van der Waals surface area contributed by atoms with Crippen molar-refractivity contribution in [2.45, 2.75) is 51.0 Å². The van der Waals surface area contributed by atoms with E-state index in [1.165, 1.54) is 0 Å². The predicted octanol–water partition coefficient (Wildman–Crippen LogP) is 3.39. The van der Waals surface area contributed by atoms with Gasteiger partial charge in [0.1, 0.15) is 17.1 Å². The minimum atomic E-state index is -1.04. The van der Waals surface area contributed by atoms with Gasteiger partial charge in [0.2, 0.25) is 0 Å². The molecule has 0 saturated carbocycles. The Morgan fingerprint density at radius 2 is 2.00 bits per heavy atom. The van der Waals surface area contributed by atoms with Crippen LogP contribution in [0, 0.1) is 0 Å². The molecule has 0 aromatic heterocycles. The van der Waals surface area contributed by atoms with Gasteiger partial charge in [0.25, 0.3) is 0 Å². The zero-order valence-electron chi connectivity index (χ0n) is 15.0. The lowest BCUT2D eigenvalue weighted by Gasteiger charge is -2.29. The number of aryl methyl sites for hydroxylation is 1. The Balaban J connectivity index is 1.72. The molecule has 2 heterocycles. The Morgan fingerprint density at radius 1 is 1.19 bits per heavy atom. The Hall–Kier alpha value is -2.24. The van der Waals surface area contributed by atoms with Crippen LogP contribution in [0.15, 0.2) is 36.4 Å². The molecule has 0 amide bonds. The minimum absolute atomic E-state index is 0.0636. The number of anilines is 1. The van der Waals surface area contributed by atoms with Gasteiger partial charge < -0.3 is 25.0 Å².